The Labute approximate surface area is 173 Å². The second kappa shape index (κ2) is 7.67. The van der Waals surface area contributed by atoms with Crippen molar-refractivity contribution < 1.29 is 9.26 Å². The first-order chi connectivity index (χ1) is 14.8. The molecule has 0 bridgehead atoms. The lowest BCUT2D eigenvalue weighted by Gasteiger charge is -2.06. The number of ether oxygens (including phenoxy) is 1. The lowest BCUT2D eigenvalue weighted by molar-refractivity contribution is 0.414. The predicted octanol–water partition coefficient (Wildman–Crippen LogP) is 5.26. The van der Waals surface area contributed by atoms with Gasteiger partial charge in [0.2, 0.25) is 5.82 Å². The Bertz CT molecular complexity index is 1260. The van der Waals surface area contributed by atoms with Crippen LogP contribution in [0.2, 0.25) is 0 Å². The summed E-state index contributed by atoms with van der Waals surface area (Å²) in [6, 6.07) is 27.6. The monoisotopic (exact) mass is 394 g/mol. The number of aromatic nitrogens is 4. The molecule has 5 rings (SSSR count). The molecule has 0 aliphatic heterocycles. The minimum absolute atomic E-state index is 0.578. The first-order valence-corrected chi connectivity index (χ1v) is 9.50. The van der Waals surface area contributed by atoms with Crippen LogP contribution in [-0.2, 0) is 0 Å². The largest absolute Gasteiger partial charge is 0.497 e. The second-order valence-electron chi connectivity index (χ2n) is 6.68. The standard InChI is InChI=1S/C24H18N4O2/c1-29-20-14-12-17(13-15-20)21-16-30-27-24(21)28-23(19-10-6-3-7-11-19)25-22(26-28)18-8-4-2-5-9-18/h2-16H,1H3. The molecule has 0 saturated heterocycles. The van der Waals surface area contributed by atoms with E-state index in [4.69, 9.17) is 19.3 Å². The van der Waals surface area contributed by atoms with Crippen molar-refractivity contribution in [2.24, 2.45) is 0 Å². The molecule has 0 aliphatic rings. The van der Waals surface area contributed by atoms with Gasteiger partial charge in [0.05, 0.1) is 12.7 Å². The summed E-state index contributed by atoms with van der Waals surface area (Å²) in [6.45, 7) is 0. The van der Waals surface area contributed by atoms with Gasteiger partial charge in [0.1, 0.15) is 12.0 Å². The van der Waals surface area contributed by atoms with Crippen molar-refractivity contribution in [1.82, 2.24) is 19.9 Å². The molecule has 0 amide bonds. The van der Waals surface area contributed by atoms with Crippen molar-refractivity contribution in [1.29, 1.82) is 0 Å². The molecule has 0 atom stereocenters. The highest BCUT2D eigenvalue weighted by Gasteiger charge is 2.20. The van der Waals surface area contributed by atoms with E-state index >= 15 is 0 Å². The third kappa shape index (κ3) is 3.24. The Kier molecular flexibility index (Phi) is 4.57. The van der Waals surface area contributed by atoms with E-state index in [9.17, 15) is 0 Å². The molecule has 30 heavy (non-hydrogen) atoms. The Morgan fingerprint density at radius 3 is 2.10 bits per heavy atom. The minimum Gasteiger partial charge on any atom is -0.497 e. The number of methoxy groups -OCH3 is 1. The van der Waals surface area contributed by atoms with Gasteiger partial charge >= 0.3 is 0 Å². The van der Waals surface area contributed by atoms with E-state index in [1.165, 1.54) is 0 Å². The smallest absolute Gasteiger partial charge is 0.206 e. The summed E-state index contributed by atoms with van der Waals surface area (Å²) < 4.78 is 12.3. The average Bonchev–Trinajstić information content (AvgIpc) is 3.48. The van der Waals surface area contributed by atoms with Gasteiger partial charge in [0.25, 0.3) is 0 Å². The molecular weight excluding hydrogens is 376 g/mol. The van der Waals surface area contributed by atoms with Gasteiger partial charge in [-0.05, 0) is 17.7 Å². The van der Waals surface area contributed by atoms with E-state index < -0.39 is 0 Å². The molecule has 6 nitrogen and oxygen atoms in total. The van der Waals surface area contributed by atoms with Crippen molar-refractivity contribution in [2.45, 2.75) is 0 Å². The average molecular weight is 394 g/mol. The molecule has 0 unspecified atom stereocenters. The Morgan fingerprint density at radius 1 is 0.767 bits per heavy atom. The highest BCUT2D eigenvalue weighted by atomic mass is 16.5. The van der Waals surface area contributed by atoms with Crippen LogP contribution in [0.15, 0.2) is 95.7 Å². The van der Waals surface area contributed by atoms with E-state index in [0.29, 0.717) is 17.5 Å². The Hall–Kier alpha value is -4.19. The fourth-order valence-electron chi connectivity index (χ4n) is 3.29. The number of hydrogen-bond acceptors (Lipinski definition) is 5. The fourth-order valence-corrected chi connectivity index (χ4v) is 3.29. The van der Waals surface area contributed by atoms with Gasteiger partial charge in [-0.3, -0.25) is 0 Å². The van der Waals surface area contributed by atoms with Gasteiger partial charge in [-0.1, -0.05) is 78.0 Å². The Balaban J connectivity index is 1.67. The van der Waals surface area contributed by atoms with Crippen LogP contribution in [0.1, 0.15) is 0 Å². The summed E-state index contributed by atoms with van der Waals surface area (Å²) in [5.74, 6) is 2.68. The SMILES string of the molecule is COc1ccc(-c2conc2-n2nc(-c3ccccc3)nc2-c2ccccc2)cc1. The number of benzene rings is 3. The highest BCUT2D eigenvalue weighted by Crippen LogP contribution is 2.31. The maximum absolute atomic E-state index is 5.35. The summed E-state index contributed by atoms with van der Waals surface area (Å²) in [5, 5.41) is 9.03. The summed E-state index contributed by atoms with van der Waals surface area (Å²) in [7, 11) is 1.65. The molecule has 0 fully saturated rings. The molecule has 5 aromatic rings. The predicted molar refractivity (Wildman–Crippen MR) is 114 cm³/mol. The van der Waals surface area contributed by atoms with E-state index in [1.54, 1.807) is 18.1 Å². The summed E-state index contributed by atoms with van der Waals surface area (Å²) in [6.07, 6.45) is 1.62. The van der Waals surface area contributed by atoms with Gasteiger partial charge in [0, 0.05) is 11.1 Å². The van der Waals surface area contributed by atoms with E-state index in [-0.39, 0.29) is 0 Å². The second-order valence-corrected chi connectivity index (χ2v) is 6.68. The zero-order valence-corrected chi connectivity index (χ0v) is 16.3. The van der Waals surface area contributed by atoms with Crippen LogP contribution in [0.3, 0.4) is 0 Å². The molecule has 0 aliphatic carbocycles. The number of nitrogens with zero attached hydrogens (tertiary/aromatic N) is 4. The summed E-state index contributed by atoms with van der Waals surface area (Å²) >= 11 is 0. The van der Waals surface area contributed by atoms with Gasteiger partial charge in [-0.25, -0.2) is 4.98 Å². The molecule has 0 spiro atoms. The van der Waals surface area contributed by atoms with Crippen LogP contribution in [0.5, 0.6) is 5.75 Å². The first kappa shape index (κ1) is 17.9. The van der Waals surface area contributed by atoms with Crippen LogP contribution >= 0.6 is 0 Å². The van der Waals surface area contributed by atoms with Crippen molar-refractivity contribution in [3.63, 3.8) is 0 Å². The van der Waals surface area contributed by atoms with Gasteiger partial charge in [-0.2, -0.15) is 4.68 Å². The normalized spacial score (nSPS) is 10.8. The lowest BCUT2D eigenvalue weighted by Crippen LogP contribution is -2.02. The topological polar surface area (TPSA) is 66.0 Å². The zero-order chi connectivity index (χ0) is 20.3. The quantitative estimate of drug-likeness (QED) is 0.406. The molecule has 0 N–H and O–H groups in total. The highest BCUT2D eigenvalue weighted by molar-refractivity contribution is 5.72. The third-order valence-electron chi connectivity index (χ3n) is 4.82. The molecular formula is C24H18N4O2. The summed E-state index contributed by atoms with van der Waals surface area (Å²) in [4.78, 5) is 4.82. The van der Waals surface area contributed by atoms with Crippen molar-refractivity contribution in [2.75, 3.05) is 7.11 Å². The molecule has 0 saturated carbocycles. The lowest BCUT2D eigenvalue weighted by atomic mass is 10.1. The summed E-state index contributed by atoms with van der Waals surface area (Å²) in [5.41, 5.74) is 3.64. The van der Waals surface area contributed by atoms with Crippen molar-refractivity contribution >= 4 is 0 Å². The van der Waals surface area contributed by atoms with E-state index in [1.807, 2.05) is 84.9 Å². The Morgan fingerprint density at radius 2 is 1.43 bits per heavy atom. The molecule has 3 aromatic carbocycles. The molecule has 2 aromatic heterocycles. The molecule has 2 heterocycles. The van der Waals surface area contributed by atoms with Crippen LogP contribution in [-0.4, -0.2) is 27.0 Å². The van der Waals surface area contributed by atoms with Crippen molar-refractivity contribution in [3.05, 3.63) is 91.2 Å². The van der Waals surface area contributed by atoms with Gasteiger partial charge in [0.15, 0.2) is 11.6 Å². The molecule has 146 valence electrons. The van der Waals surface area contributed by atoms with Gasteiger partial charge < -0.3 is 9.26 Å². The third-order valence-corrected chi connectivity index (χ3v) is 4.82. The van der Waals surface area contributed by atoms with Crippen LogP contribution in [0, 0.1) is 0 Å². The molecule has 6 heteroatoms. The van der Waals surface area contributed by atoms with Crippen molar-refractivity contribution in [3.8, 4) is 45.5 Å². The zero-order valence-electron chi connectivity index (χ0n) is 16.3. The van der Waals surface area contributed by atoms with Crippen LogP contribution in [0.25, 0.3) is 39.7 Å². The van der Waals surface area contributed by atoms with Crippen LogP contribution < -0.4 is 4.74 Å². The maximum Gasteiger partial charge on any atom is 0.206 e. The number of hydrogen-bond donors (Lipinski definition) is 0. The molecule has 0 radical (unpaired) electrons. The van der Waals surface area contributed by atoms with Crippen LogP contribution in [0.4, 0.5) is 0 Å². The maximum atomic E-state index is 5.35. The fraction of sp³-hybridized carbons (Fsp3) is 0.0417. The van der Waals surface area contributed by atoms with Gasteiger partial charge in [-0.15, -0.1) is 5.10 Å². The first-order valence-electron chi connectivity index (χ1n) is 9.50. The minimum atomic E-state index is 0.578. The number of rotatable bonds is 5. The van der Waals surface area contributed by atoms with E-state index in [0.717, 1.165) is 28.0 Å². The van der Waals surface area contributed by atoms with E-state index in [2.05, 4.69) is 5.16 Å².